The molecule has 0 spiro atoms. The van der Waals surface area contributed by atoms with Crippen LogP contribution in [0.5, 0.6) is 0 Å². The van der Waals surface area contributed by atoms with Crippen molar-refractivity contribution < 1.29 is 18.0 Å². The van der Waals surface area contributed by atoms with E-state index in [1.807, 2.05) is 0 Å². The van der Waals surface area contributed by atoms with Crippen molar-refractivity contribution >= 4 is 17.5 Å². The topological polar surface area (TPSA) is 38.1 Å². The van der Waals surface area contributed by atoms with Crippen molar-refractivity contribution in [3.8, 4) is 0 Å². The first-order valence-corrected chi connectivity index (χ1v) is 7.09. The van der Waals surface area contributed by atoms with Gasteiger partial charge in [-0.2, -0.15) is 18.3 Å². The number of aromatic nitrogens is 2. The van der Waals surface area contributed by atoms with Crippen LogP contribution >= 0.6 is 11.6 Å². The number of carbonyl (C=O) groups is 1. The molecule has 4 nitrogen and oxygen atoms in total. The second-order valence-corrected chi connectivity index (χ2v) is 5.64. The molecule has 124 valence electrons. The molecule has 0 saturated heterocycles. The quantitative estimate of drug-likeness (QED) is 0.849. The van der Waals surface area contributed by atoms with E-state index in [0.29, 0.717) is 15.6 Å². The molecule has 0 aliphatic rings. The Hall–Kier alpha value is -2.02. The molecule has 8 heteroatoms. The smallest absolute Gasteiger partial charge is 0.324 e. The van der Waals surface area contributed by atoms with Crippen molar-refractivity contribution in [1.29, 1.82) is 0 Å². The average Bonchev–Trinajstić information content (AvgIpc) is 2.78. The highest BCUT2D eigenvalue weighted by Gasteiger charge is 2.45. The average molecular weight is 346 g/mol. The highest BCUT2D eigenvalue weighted by atomic mass is 35.5. The van der Waals surface area contributed by atoms with Crippen LogP contribution in [0.1, 0.15) is 27.8 Å². The van der Waals surface area contributed by atoms with Gasteiger partial charge < -0.3 is 4.90 Å². The van der Waals surface area contributed by atoms with Gasteiger partial charge in [-0.3, -0.25) is 9.48 Å². The third-order valence-electron chi connectivity index (χ3n) is 3.54. The van der Waals surface area contributed by atoms with Crippen molar-refractivity contribution in [3.63, 3.8) is 0 Å². The van der Waals surface area contributed by atoms with Crippen molar-refractivity contribution in [2.75, 3.05) is 7.05 Å². The van der Waals surface area contributed by atoms with Gasteiger partial charge >= 0.3 is 6.18 Å². The molecule has 2 rings (SSSR count). The first-order valence-electron chi connectivity index (χ1n) is 6.71. The fraction of sp³-hybridized carbons (Fsp3) is 0.333. The Bertz CT molecular complexity index is 690. The monoisotopic (exact) mass is 345 g/mol. The number of nitrogens with zero attached hydrogens (tertiary/aromatic N) is 3. The molecule has 1 amide bonds. The van der Waals surface area contributed by atoms with Crippen LogP contribution in [-0.4, -0.2) is 33.8 Å². The van der Waals surface area contributed by atoms with E-state index >= 15 is 0 Å². The molecule has 1 atom stereocenters. The molecular weight excluding hydrogens is 331 g/mol. The molecule has 1 aromatic heterocycles. The number of hydrogen-bond acceptors (Lipinski definition) is 2. The van der Waals surface area contributed by atoms with Crippen LogP contribution in [0.15, 0.2) is 30.3 Å². The summed E-state index contributed by atoms with van der Waals surface area (Å²) in [7, 11) is 2.73. The van der Waals surface area contributed by atoms with Gasteiger partial charge in [0.1, 0.15) is 0 Å². The van der Waals surface area contributed by atoms with Crippen molar-refractivity contribution in [3.05, 3.63) is 52.3 Å². The van der Waals surface area contributed by atoms with Gasteiger partial charge in [-0.05, 0) is 30.7 Å². The molecule has 0 radical (unpaired) electrons. The summed E-state index contributed by atoms with van der Waals surface area (Å²) in [4.78, 5) is 13.0. The minimum atomic E-state index is -4.62. The van der Waals surface area contributed by atoms with Crippen molar-refractivity contribution in [2.45, 2.75) is 19.1 Å². The SMILES string of the molecule is Cc1cc(C(=O)N(C)C(c2ccc(Cl)cc2)C(F)(F)F)nn1C. The van der Waals surface area contributed by atoms with E-state index in [1.165, 1.54) is 35.0 Å². The zero-order valence-corrected chi connectivity index (χ0v) is 13.5. The Kier molecular flexibility index (Phi) is 4.70. The maximum atomic E-state index is 13.5. The zero-order valence-electron chi connectivity index (χ0n) is 12.7. The summed E-state index contributed by atoms with van der Waals surface area (Å²) in [5.74, 6) is -0.800. The fourth-order valence-electron chi connectivity index (χ4n) is 2.24. The Morgan fingerprint density at radius 3 is 2.30 bits per heavy atom. The van der Waals surface area contributed by atoms with E-state index in [4.69, 9.17) is 11.6 Å². The highest BCUT2D eigenvalue weighted by molar-refractivity contribution is 6.30. The summed E-state index contributed by atoms with van der Waals surface area (Å²) in [6.45, 7) is 1.71. The van der Waals surface area contributed by atoms with E-state index in [1.54, 1.807) is 14.0 Å². The summed E-state index contributed by atoms with van der Waals surface area (Å²) >= 11 is 5.71. The third-order valence-corrected chi connectivity index (χ3v) is 3.79. The molecule has 0 N–H and O–H groups in total. The number of hydrogen-bond donors (Lipinski definition) is 0. The number of halogens is 4. The van der Waals surface area contributed by atoms with Crippen LogP contribution in [0, 0.1) is 6.92 Å². The van der Waals surface area contributed by atoms with Gasteiger partial charge in [-0.15, -0.1) is 0 Å². The highest BCUT2D eigenvalue weighted by Crippen LogP contribution is 2.37. The van der Waals surface area contributed by atoms with Gasteiger partial charge in [0.2, 0.25) is 0 Å². The number of benzene rings is 1. The van der Waals surface area contributed by atoms with Crippen LogP contribution in [-0.2, 0) is 7.05 Å². The second-order valence-electron chi connectivity index (χ2n) is 5.21. The Labute approximate surface area is 136 Å². The van der Waals surface area contributed by atoms with Gasteiger partial charge in [0.05, 0.1) is 0 Å². The first kappa shape index (κ1) is 17.3. The maximum Gasteiger partial charge on any atom is 0.413 e. The molecule has 1 heterocycles. The largest absolute Gasteiger partial charge is 0.413 e. The van der Waals surface area contributed by atoms with E-state index in [0.717, 1.165) is 7.05 Å². The molecule has 1 aromatic carbocycles. The predicted molar refractivity (Wildman–Crippen MR) is 80.3 cm³/mol. The minimum Gasteiger partial charge on any atom is -0.324 e. The summed E-state index contributed by atoms with van der Waals surface area (Å²) in [6, 6.07) is 4.61. The normalized spacial score (nSPS) is 13.0. The molecule has 2 aromatic rings. The Morgan fingerprint density at radius 1 is 1.30 bits per heavy atom. The number of rotatable bonds is 3. The van der Waals surface area contributed by atoms with Crippen molar-refractivity contribution in [1.82, 2.24) is 14.7 Å². The molecule has 0 aliphatic heterocycles. The lowest BCUT2D eigenvalue weighted by molar-refractivity contribution is -0.176. The molecular formula is C15H15ClF3N3O. The lowest BCUT2D eigenvalue weighted by Gasteiger charge is -2.30. The van der Waals surface area contributed by atoms with Gasteiger partial charge in [-0.1, -0.05) is 23.7 Å². The van der Waals surface area contributed by atoms with Gasteiger partial charge in [0.15, 0.2) is 11.7 Å². The third kappa shape index (κ3) is 3.67. The summed E-state index contributed by atoms with van der Waals surface area (Å²) in [5.41, 5.74) is 0.581. The minimum absolute atomic E-state index is 0.0317. The molecule has 0 fully saturated rings. The number of aryl methyl sites for hydroxylation is 2. The predicted octanol–water partition coefficient (Wildman–Crippen LogP) is 3.76. The molecule has 23 heavy (non-hydrogen) atoms. The van der Waals surface area contributed by atoms with Gasteiger partial charge in [0.25, 0.3) is 5.91 Å². The van der Waals surface area contributed by atoms with E-state index in [2.05, 4.69) is 5.10 Å². The van der Waals surface area contributed by atoms with E-state index in [9.17, 15) is 18.0 Å². The van der Waals surface area contributed by atoms with Gasteiger partial charge in [0, 0.05) is 24.8 Å². The van der Waals surface area contributed by atoms with Crippen molar-refractivity contribution in [2.24, 2.45) is 7.05 Å². The number of amides is 1. The van der Waals surface area contributed by atoms with Crippen LogP contribution in [0.2, 0.25) is 5.02 Å². The lowest BCUT2D eigenvalue weighted by atomic mass is 10.0. The first-order chi connectivity index (χ1) is 10.6. The van der Waals surface area contributed by atoms with E-state index < -0.39 is 18.1 Å². The van der Waals surface area contributed by atoms with Crippen LogP contribution < -0.4 is 0 Å². The summed E-state index contributed by atoms with van der Waals surface area (Å²) in [6.07, 6.45) is -4.62. The Balaban J connectivity index is 2.39. The number of alkyl halides is 3. The fourth-order valence-corrected chi connectivity index (χ4v) is 2.37. The van der Waals surface area contributed by atoms with Gasteiger partial charge in [-0.25, -0.2) is 0 Å². The van der Waals surface area contributed by atoms with Crippen LogP contribution in [0.25, 0.3) is 0 Å². The van der Waals surface area contributed by atoms with Crippen LogP contribution in [0.3, 0.4) is 0 Å². The standard InChI is InChI=1S/C15H15ClF3N3O/c1-9-8-12(20-22(9)3)14(23)21(2)13(15(17,18)19)10-4-6-11(16)7-5-10/h4-8,13H,1-3H3. The maximum absolute atomic E-state index is 13.5. The molecule has 0 aliphatic carbocycles. The van der Waals surface area contributed by atoms with E-state index in [-0.39, 0.29) is 11.3 Å². The second kappa shape index (κ2) is 6.23. The molecule has 1 unspecified atom stereocenters. The lowest BCUT2D eigenvalue weighted by Crippen LogP contribution is -2.40. The molecule has 0 saturated carbocycles. The van der Waals surface area contributed by atoms with Crippen LogP contribution in [0.4, 0.5) is 13.2 Å². The summed E-state index contributed by atoms with van der Waals surface area (Å²) in [5, 5.41) is 4.26. The molecule has 0 bridgehead atoms. The Morgan fingerprint density at radius 2 is 1.87 bits per heavy atom. The number of carbonyl (C=O) groups excluding carboxylic acids is 1. The summed E-state index contributed by atoms with van der Waals surface area (Å²) < 4.78 is 41.8. The zero-order chi connectivity index (χ0) is 17.4.